The van der Waals surface area contributed by atoms with E-state index in [1.165, 1.54) is 4.90 Å². The fourth-order valence-corrected chi connectivity index (χ4v) is 3.68. The Labute approximate surface area is 124 Å². The van der Waals surface area contributed by atoms with E-state index in [0.29, 0.717) is 5.75 Å². The molecular weight excluding hydrogens is 272 g/mol. The zero-order valence-electron chi connectivity index (χ0n) is 12.3. The van der Waals surface area contributed by atoms with E-state index in [1.54, 1.807) is 37.7 Å². The van der Waals surface area contributed by atoms with Crippen LogP contribution in [0.5, 0.6) is 0 Å². The second-order valence-corrected chi connectivity index (χ2v) is 6.36. The number of carbonyl (C=O) groups excluding carboxylic acids is 2. The van der Waals surface area contributed by atoms with Crippen molar-refractivity contribution in [2.45, 2.75) is 25.3 Å². The van der Waals surface area contributed by atoms with Crippen molar-refractivity contribution in [1.82, 2.24) is 9.80 Å². The van der Waals surface area contributed by atoms with E-state index in [9.17, 15) is 9.59 Å². The Hall–Kier alpha value is -1.49. The zero-order chi connectivity index (χ0) is 14.9. The van der Waals surface area contributed by atoms with Gasteiger partial charge in [0.15, 0.2) is 0 Å². The summed E-state index contributed by atoms with van der Waals surface area (Å²) in [6.45, 7) is 3.83. The van der Waals surface area contributed by atoms with Crippen molar-refractivity contribution < 1.29 is 9.59 Å². The van der Waals surface area contributed by atoms with Crippen LogP contribution >= 0.6 is 11.8 Å². The molecule has 1 aromatic rings. The van der Waals surface area contributed by atoms with E-state index in [2.05, 4.69) is 6.07 Å². The summed E-state index contributed by atoms with van der Waals surface area (Å²) >= 11 is 1.58. The largest absolute Gasteiger partial charge is 0.347 e. The Balaban J connectivity index is 2.29. The van der Waals surface area contributed by atoms with Gasteiger partial charge in [-0.25, -0.2) is 0 Å². The first kappa shape index (κ1) is 14.9. The van der Waals surface area contributed by atoms with Gasteiger partial charge in [-0.3, -0.25) is 9.59 Å². The molecule has 0 radical (unpaired) electrons. The third-order valence-electron chi connectivity index (χ3n) is 3.45. The summed E-state index contributed by atoms with van der Waals surface area (Å²) in [6, 6.07) is 7.69. The molecule has 1 fully saturated rings. The van der Waals surface area contributed by atoms with Gasteiger partial charge in [-0.1, -0.05) is 29.8 Å². The number of rotatable bonds is 3. The average Bonchev–Trinajstić information content (AvgIpc) is 2.78. The monoisotopic (exact) mass is 292 g/mol. The molecule has 0 aromatic heterocycles. The first-order chi connectivity index (χ1) is 9.41. The van der Waals surface area contributed by atoms with Crippen LogP contribution in [0.2, 0.25) is 0 Å². The van der Waals surface area contributed by atoms with Crippen molar-refractivity contribution in [3.63, 3.8) is 0 Å². The highest BCUT2D eigenvalue weighted by Gasteiger charge is 2.39. The maximum Gasteiger partial charge on any atom is 0.244 e. The van der Waals surface area contributed by atoms with Gasteiger partial charge in [-0.05, 0) is 19.4 Å². The lowest BCUT2D eigenvalue weighted by Gasteiger charge is -2.31. The molecule has 1 heterocycles. The van der Waals surface area contributed by atoms with E-state index in [1.807, 2.05) is 25.1 Å². The molecule has 1 aromatic carbocycles. The molecule has 1 aliphatic heterocycles. The summed E-state index contributed by atoms with van der Waals surface area (Å²) in [5, 5.41) is -0.0682. The molecule has 0 bridgehead atoms. The van der Waals surface area contributed by atoms with Crippen molar-refractivity contribution in [2.24, 2.45) is 0 Å². The van der Waals surface area contributed by atoms with Crippen molar-refractivity contribution in [2.75, 3.05) is 19.8 Å². The third kappa shape index (κ3) is 2.82. The van der Waals surface area contributed by atoms with E-state index in [4.69, 9.17) is 0 Å². The molecule has 0 aliphatic carbocycles. The quantitative estimate of drug-likeness (QED) is 0.856. The second-order valence-electron chi connectivity index (χ2n) is 5.29. The minimum Gasteiger partial charge on any atom is -0.347 e. The fourth-order valence-electron chi connectivity index (χ4n) is 2.43. The lowest BCUT2D eigenvalue weighted by atomic mass is 10.1. The van der Waals surface area contributed by atoms with Crippen LogP contribution in [0.1, 0.15) is 23.4 Å². The molecule has 2 amide bonds. The van der Waals surface area contributed by atoms with E-state index in [0.717, 1.165) is 11.1 Å². The number of benzene rings is 1. The summed E-state index contributed by atoms with van der Waals surface area (Å²) in [5.41, 5.74) is 2.24. The van der Waals surface area contributed by atoms with Gasteiger partial charge in [0, 0.05) is 14.1 Å². The molecule has 2 atom stereocenters. The van der Waals surface area contributed by atoms with Gasteiger partial charge >= 0.3 is 0 Å². The molecule has 1 saturated heterocycles. The minimum absolute atomic E-state index is 0.0317. The van der Waals surface area contributed by atoms with Crippen LogP contribution in [-0.4, -0.2) is 47.5 Å². The van der Waals surface area contributed by atoms with Crippen LogP contribution in [0, 0.1) is 6.92 Å². The number of hydrogen-bond donors (Lipinski definition) is 0. The van der Waals surface area contributed by atoms with Crippen molar-refractivity contribution >= 4 is 23.6 Å². The number of nitrogens with zero attached hydrogens (tertiary/aromatic N) is 2. The van der Waals surface area contributed by atoms with Gasteiger partial charge in [0.05, 0.1) is 5.75 Å². The van der Waals surface area contributed by atoms with Crippen LogP contribution in [0.4, 0.5) is 0 Å². The highest BCUT2D eigenvalue weighted by molar-refractivity contribution is 8.00. The topological polar surface area (TPSA) is 40.6 Å². The average molecular weight is 292 g/mol. The predicted molar refractivity (Wildman–Crippen MR) is 81.4 cm³/mol. The minimum atomic E-state index is -0.432. The van der Waals surface area contributed by atoms with Gasteiger partial charge < -0.3 is 9.80 Å². The lowest BCUT2D eigenvalue weighted by Crippen LogP contribution is -2.46. The Morgan fingerprint density at radius 1 is 1.45 bits per heavy atom. The van der Waals surface area contributed by atoms with Crippen LogP contribution in [0.15, 0.2) is 24.3 Å². The molecular formula is C15H20N2O2S. The number of amides is 2. The van der Waals surface area contributed by atoms with Gasteiger partial charge in [-0.2, -0.15) is 0 Å². The van der Waals surface area contributed by atoms with Gasteiger partial charge in [-0.15, -0.1) is 11.8 Å². The molecule has 4 nitrogen and oxygen atoms in total. The first-order valence-electron chi connectivity index (χ1n) is 6.62. The Morgan fingerprint density at radius 2 is 2.15 bits per heavy atom. The summed E-state index contributed by atoms with van der Waals surface area (Å²) in [5.74, 6) is 0.423. The summed E-state index contributed by atoms with van der Waals surface area (Å²) < 4.78 is 0. The lowest BCUT2D eigenvalue weighted by molar-refractivity contribution is -0.142. The summed E-state index contributed by atoms with van der Waals surface area (Å²) in [7, 11) is 3.43. The highest BCUT2D eigenvalue weighted by Crippen LogP contribution is 2.40. The van der Waals surface area contributed by atoms with Crippen molar-refractivity contribution in [1.29, 1.82) is 0 Å². The second kappa shape index (κ2) is 5.87. The van der Waals surface area contributed by atoms with Crippen LogP contribution in [-0.2, 0) is 9.59 Å². The number of aryl methyl sites for hydroxylation is 1. The number of likely N-dealkylation sites (N-methyl/N-ethyl adjacent to an activating group) is 1. The summed E-state index contributed by atoms with van der Waals surface area (Å²) in [4.78, 5) is 27.5. The molecule has 5 heteroatoms. The molecule has 20 heavy (non-hydrogen) atoms. The van der Waals surface area contributed by atoms with Crippen molar-refractivity contribution in [3.05, 3.63) is 35.4 Å². The van der Waals surface area contributed by atoms with Gasteiger partial charge in [0.25, 0.3) is 0 Å². The predicted octanol–water partition coefficient (Wildman–Crippen LogP) is 2.05. The Morgan fingerprint density at radius 3 is 2.75 bits per heavy atom. The molecule has 108 valence electrons. The van der Waals surface area contributed by atoms with Crippen LogP contribution in [0.3, 0.4) is 0 Å². The standard InChI is InChI=1S/C15H20N2O2S/c1-10-6-5-7-12(8-10)15-17(13(18)9-20-15)11(2)14(19)16(3)4/h5-8,11,15H,9H2,1-4H3. The maximum absolute atomic E-state index is 12.1. The molecule has 2 unspecified atom stereocenters. The SMILES string of the molecule is Cc1cccc(C2SCC(=O)N2C(C)C(=O)N(C)C)c1. The molecule has 0 saturated carbocycles. The number of thioether (sulfide) groups is 1. The molecule has 0 N–H and O–H groups in total. The highest BCUT2D eigenvalue weighted by atomic mass is 32.2. The van der Waals surface area contributed by atoms with Crippen molar-refractivity contribution in [3.8, 4) is 0 Å². The fraction of sp³-hybridized carbons (Fsp3) is 0.467. The van der Waals surface area contributed by atoms with Gasteiger partial charge in [0.2, 0.25) is 11.8 Å². The third-order valence-corrected chi connectivity index (χ3v) is 4.68. The maximum atomic E-state index is 12.1. The zero-order valence-corrected chi connectivity index (χ0v) is 13.1. The van der Waals surface area contributed by atoms with Crippen LogP contribution < -0.4 is 0 Å². The number of carbonyl (C=O) groups is 2. The first-order valence-corrected chi connectivity index (χ1v) is 7.67. The molecule has 2 rings (SSSR count). The van der Waals surface area contributed by atoms with E-state index in [-0.39, 0.29) is 17.2 Å². The number of hydrogen-bond acceptors (Lipinski definition) is 3. The van der Waals surface area contributed by atoms with E-state index < -0.39 is 6.04 Å². The molecule has 1 aliphatic rings. The molecule has 0 spiro atoms. The van der Waals surface area contributed by atoms with Gasteiger partial charge in [0.1, 0.15) is 11.4 Å². The van der Waals surface area contributed by atoms with E-state index >= 15 is 0 Å². The smallest absolute Gasteiger partial charge is 0.244 e. The Kier molecular flexibility index (Phi) is 4.38. The summed E-state index contributed by atoms with van der Waals surface area (Å²) in [6.07, 6.45) is 0. The normalized spacial score (nSPS) is 20.1. The Bertz CT molecular complexity index is 530. The van der Waals surface area contributed by atoms with Crippen LogP contribution in [0.25, 0.3) is 0 Å².